The molecule has 0 aromatic heterocycles. The van der Waals surface area contributed by atoms with Gasteiger partial charge in [0.1, 0.15) is 5.60 Å². The van der Waals surface area contributed by atoms with Crippen molar-refractivity contribution >= 4 is 36.0 Å². The van der Waals surface area contributed by atoms with E-state index in [1.807, 2.05) is 20.8 Å². The molecule has 0 aliphatic carbocycles. The van der Waals surface area contributed by atoms with E-state index in [9.17, 15) is 4.79 Å². The number of nitrogens with zero attached hydrogens (tertiary/aromatic N) is 2. The van der Waals surface area contributed by atoms with Crippen LogP contribution in [0, 0.1) is 5.92 Å². The van der Waals surface area contributed by atoms with E-state index in [2.05, 4.69) is 34.7 Å². The first-order chi connectivity index (χ1) is 11.8. The maximum atomic E-state index is 11.6. The Kier molecular flexibility index (Phi) is 13.0. The van der Waals surface area contributed by atoms with Gasteiger partial charge in [-0.05, 0) is 59.5 Å². The molecule has 0 aromatic carbocycles. The number of likely N-dealkylation sites (tertiary alicyclic amines) is 1. The number of amides is 1. The van der Waals surface area contributed by atoms with E-state index in [1.54, 1.807) is 0 Å². The number of aliphatic imine (C=N–C) groups is 1. The second-order valence-corrected chi connectivity index (χ2v) is 7.48. The molecule has 0 bridgehead atoms. The number of piperidine rings is 1. The van der Waals surface area contributed by atoms with Gasteiger partial charge in [-0.25, -0.2) is 4.79 Å². The van der Waals surface area contributed by atoms with E-state index < -0.39 is 11.7 Å². The average molecular weight is 483 g/mol. The van der Waals surface area contributed by atoms with Crippen LogP contribution in [-0.2, 0) is 4.74 Å². The highest BCUT2D eigenvalue weighted by Crippen LogP contribution is 2.16. The zero-order valence-corrected chi connectivity index (χ0v) is 19.4. The monoisotopic (exact) mass is 483 g/mol. The summed E-state index contributed by atoms with van der Waals surface area (Å²) in [4.78, 5) is 18.8. The van der Waals surface area contributed by atoms with Crippen molar-refractivity contribution in [1.82, 2.24) is 20.9 Å². The molecule has 26 heavy (non-hydrogen) atoms. The quantitative estimate of drug-likeness (QED) is 0.225. The fourth-order valence-corrected chi connectivity index (χ4v) is 2.81. The molecule has 1 heterocycles. The number of carbonyl (C=O) groups is 1. The summed E-state index contributed by atoms with van der Waals surface area (Å²) < 4.78 is 5.21. The number of hydrogen-bond acceptors (Lipinski definition) is 4. The third-order valence-corrected chi connectivity index (χ3v) is 3.99. The molecule has 1 atom stereocenters. The maximum Gasteiger partial charge on any atom is 0.407 e. The van der Waals surface area contributed by atoms with Crippen LogP contribution in [0.1, 0.15) is 47.5 Å². The largest absolute Gasteiger partial charge is 0.444 e. The summed E-state index contributed by atoms with van der Waals surface area (Å²) in [6.45, 7) is 16.1. The topological polar surface area (TPSA) is 78.0 Å². The van der Waals surface area contributed by atoms with Crippen LogP contribution in [0.15, 0.2) is 4.99 Å². The number of alkyl carbamates (subject to hydrolysis) is 1. The van der Waals surface area contributed by atoms with Gasteiger partial charge in [0.15, 0.2) is 5.96 Å². The summed E-state index contributed by atoms with van der Waals surface area (Å²) in [6.07, 6.45) is 2.12. The lowest BCUT2D eigenvalue weighted by Crippen LogP contribution is -2.43. The minimum absolute atomic E-state index is 0. The Morgan fingerprint density at radius 2 is 1.88 bits per heavy atom. The molecule has 8 heteroatoms. The van der Waals surface area contributed by atoms with E-state index in [0.717, 1.165) is 32.1 Å². The number of carbonyl (C=O) groups excluding carboxylic acids is 1. The van der Waals surface area contributed by atoms with Crippen molar-refractivity contribution in [2.24, 2.45) is 10.9 Å². The Labute approximate surface area is 176 Å². The van der Waals surface area contributed by atoms with Crippen molar-refractivity contribution in [2.45, 2.75) is 53.1 Å². The zero-order valence-electron chi connectivity index (χ0n) is 17.1. The summed E-state index contributed by atoms with van der Waals surface area (Å²) in [5, 5.41) is 9.26. The molecule has 3 N–H and O–H groups in total. The molecule has 1 amide bonds. The molecular weight excluding hydrogens is 445 g/mol. The number of hydrogen-bond donors (Lipinski definition) is 3. The minimum atomic E-state index is -0.472. The van der Waals surface area contributed by atoms with Crippen LogP contribution in [0.4, 0.5) is 4.79 Å². The molecule has 0 aromatic rings. The summed E-state index contributed by atoms with van der Waals surface area (Å²) in [6, 6.07) is 0. The molecular formula is C18H38IN5O2. The van der Waals surface area contributed by atoms with Gasteiger partial charge >= 0.3 is 6.09 Å². The molecule has 7 nitrogen and oxygen atoms in total. The van der Waals surface area contributed by atoms with Crippen molar-refractivity contribution in [3.05, 3.63) is 0 Å². The standard InChI is InChI=1S/C18H37N5O2.HI/c1-6-19-16(20-10-11-21-17(24)25-18(3,4)5)22-13-15-9-8-12-23(7-2)14-15;/h15H,6-14H2,1-5H3,(H,21,24)(H2,19,20,22);1H. The van der Waals surface area contributed by atoms with E-state index in [1.165, 1.54) is 19.4 Å². The normalized spacial score (nSPS) is 18.7. The highest BCUT2D eigenvalue weighted by atomic mass is 127. The highest BCUT2D eigenvalue weighted by molar-refractivity contribution is 14.0. The fraction of sp³-hybridized carbons (Fsp3) is 0.889. The lowest BCUT2D eigenvalue weighted by molar-refractivity contribution is 0.0529. The van der Waals surface area contributed by atoms with Crippen molar-refractivity contribution in [2.75, 3.05) is 45.8 Å². The van der Waals surface area contributed by atoms with E-state index >= 15 is 0 Å². The lowest BCUT2D eigenvalue weighted by atomic mass is 9.98. The molecule has 0 saturated carbocycles. The number of ether oxygens (including phenoxy) is 1. The summed E-state index contributed by atoms with van der Waals surface area (Å²) >= 11 is 0. The minimum Gasteiger partial charge on any atom is -0.444 e. The van der Waals surface area contributed by atoms with Gasteiger partial charge in [0.25, 0.3) is 0 Å². The number of nitrogens with one attached hydrogen (secondary N) is 3. The Balaban J connectivity index is 0.00000625. The molecule has 1 aliphatic rings. The van der Waals surface area contributed by atoms with Crippen molar-refractivity contribution in [1.29, 1.82) is 0 Å². The molecule has 1 fully saturated rings. The number of halogens is 1. The molecule has 1 unspecified atom stereocenters. The Bertz CT molecular complexity index is 426. The van der Waals surface area contributed by atoms with Crippen LogP contribution in [0.25, 0.3) is 0 Å². The van der Waals surface area contributed by atoms with Crippen LogP contribution < -0.4 is 16.0 Å². The molecule has 0 radical (unpaired) electrons. The van der Waals surface area contributed by atoms with Gasteiger partial charge in [0.05, 0.1) is 0 Å². The first kappa shape index (κ1) is 25.2. The first-order valence-electron chi connectivity index (χ1n) is 9.55. The average Bonchev–Trinajstić information content (AvgIpc) is 2.55. The third kappa shape index (κ3) is 11.8. The number of guanidine groups is 1. The van der Waals surface area contributed by atoms with E-state index in [0.29, 0.717) is 19.0 Å². The Hall–Kier alpha value is -0.770. The van der Waals surface area contributed by atoms with Crippen molar-refractivity contribution in [3.8, 4) is 0 Å². The fourth-order valence-electron chi connectivity index (χ4n) is 2.81. The van der Waals surface area contributed by atoms with E-state index in [4.69, 9.17) is 9.73 Å². The molecule has 0 spiro atoms. The van der Waals surface area contributed by atoms with Crippen LogP contribution in [0.3, 0.4) is 0 Å². The third-order valence-electron chi connectivity index (χ3n) is 3.99. The van der Waals surface area contributed by atoms with Crippen LogP contribution in [0.5, 0.6) is 0 Å². The second kappa shape index (κ2) is 13.4. The Morgan fingerprint density at radius 1 is 1.19 bits per heavy atom. The summed E-state index contributed by atoms with van der Waals surface area (Å²) in [5.74, 6) is 1.44. The predicted molar refractivity (Wildman–Crippen MR) is 118 cm³/mol. The molecule has 154 valence electrons. The Morgan fingerprint density at radius 3 is 2.50 bits per heavy atom. The summed E-state index contributed by atoms with van der Waals surface area (Å²) in [7, 11) is 0. The van der Waals surface area contributed by atoms with Gasteiger partial charge in [-0.1, -0.05) is 6.92 Å². The summed E-state index contributed by atoms with van der Waals surface area (Å²) in [5.41, 5.74) is -0.472. The van der Waals surface area contributed by atoms with Gasteiger partial charge in [0.2, 0.25) is 0 Å². The van der Waals surface area contributed by atoms with Crippen molar-refractivity contribution < 1.29 is 9.53 Å². The lowest BCUT2D eigenvalue weighted by Gasteiger charge is -2.31. The van der Waals surface area contributed by atoms with Crippen molar-refractivity contribution in [3.63, 3.8) is 0 Å². The van der Waals surface area contributed by atoms with Gasteiger partial charge in [0, 0.05) is 32.7 Å². The maximum absolute atomic E-state index is 11.6. The van der Waals surface area contributed by atoms with Gasteiger partial charge in [-0.15, -0.1) is 24.0 Å². The predicted octanol–water partition coefficient (Wildman–Crippen LogP) is 2.42. The number of rotatable bonds is 7. The van der Waals surface area contributed by atoms with Crippen LogP contribution in [0.2, 0.25) is 0 Å². The molecule has 1 aliphatic heterocycles. The van der Waals surface area contributed by atoms with E-state index in [-0.39, 0.29) is 24.0 Å². The van der Waals surface area contributed by atoms with Crippen LogP contribution >= 0.6 is 24.0 Å². The SMILES string of the molecule is CCNC(=NCC1CCCN(CC)C1)NCCNC(=O)OC(C)(C)C.I. The first-order valence-corrected chi connectivity index (χ1v) is 9.55. The van der Waals surface area contributed by atoms with Gasteiger partial charge < -0.3 is 25.6 Å². The molecule has 1 rings (SSSR count). The molecule has 1 saturated heterocycles. The van der Waals surface area contributed by atoms with Gasteiger partial charge in [-0.2, -0.15) is 0 Å². The highest BCUT2D eigenvalue weighted by Gasteiger charge is 2.18. The second-order valence-electron chi connectivity index (χ2n) is 7.48. The zero-order chi connectivity index (χ0) is 18.7. The van der Waals surface area contributed by atoms with Crippen LogP contribution in [-0.4, -0.2) is 68.4 Å². The smallest absolute Gasteiger partial charge is 0.407 e. The van der Waals surface area contributed by atoms with Gasteiger partial charge in [-0.3, -0.25) is 4.99 Å².